The number of aliphatic hydroxyl groups excluding tert-OH is 1. The van der Waals surface area contributed by atoms with Gasteiger partial charge in [-0.05, 0) is 70.2 Å². The Hall–Kier alpha value is -3.13. The number of nitrogens with zero attached hydrogens (tertiary/aromatic N) is 2. The minimum Gasteiger partial charge on any atom is -0.492 e. The van der Waals surface area contributed by atoms with Crippen LogP contribution in [0.1, 0.15) is 57.3 Å². The molecule has 2 heterocycles. The van der Waals surface area contributed by atoms with Crippen LogP contribution in [0.3, 0.4) is 0 Å². The maximum absolute atomic E-state index is 12.2. The summed E-state index contributed by atoms with van der Waals surface area (Å²) in [6, 6.07) is 11.0. The van der Waals surface area contributed by atoms with Gasteiger partial charge in [-0.25, -0.2) is 4.79 Å². The Morgan fingerprint density at radius 2 is 1.83 bits per heavy atom. The highest BCUT2D eigenvalue weighted by Gasteiger charge is 2.27. The van der Waals surface area contributed by atoms with Gasteiger partial charge in [-0.2, -0.15) is 0 Å². The van der Waals surface area contributed by atoms with E-state index in [1.54, 1.807) is 23.2 Å². The average Bonchev–Trinajstić information content (AvgIpc) is 2.85. The van der Waals surface area contributed by atoms with E-state index in [1.807, 2.05) is 52.0 Å². The summed E-state index contributed by atoms with van der Waals surface area (Å²) in [5.41, 5.74) is 1.74. The molecule has 3 rings (SSSR count). The predicted molar refractivity (Wildman–Crippen MR) is 134 cm³/mol. The number of rotatable bonds is 8. The van der Waals surface area contributed by atoms with Gasteiger partial charge in [0, 0.05) is 30.8 Å². The van der Waals surface area contributed by atoms with Crippen LogP contribution in [0, 0.1) is 5.92 Å². The zero-order valence-corrected chi connectivity index (χ0v) is 21.1. The molecule has 190 valence electrons. The summed E-state index contributed by atoms with van der Waals surface area (Å²) in [7, 11) is 0. The monoisotopic (exact) mass is 483 g/mol. The summed E-state index contributed by atoms with van der Waals surface area (Å²) >= 11 is 0. The first-order valence-corrected chi connectivity index (χ1v) is 12.3. The van der Waals surface area contributed by atoms with Gasteiger partial charge in [0.2, 0.25) is 0 Å². The van der Waals surface area contributed by atoms with Crippen molar-refractivity contribution in [2.75, 3.05) is 26.2 Å². The highest BCUT2D eigenvalue weighted by atomic mass is 16.6. The van der Waals surface area contributed by atoms with Crippen LogP contribution in [0.2, 0.25) is 0 Å². The number of hydrogen-bond donors (Lipinski definition) is 2. The van der Waals surface area contributed by atoms with Gasteiger partial charge in [0.25, 0.3) is 5.91 Å². The second-order valence-corrected chi connectivity index (χ2v) is 9.95. The van der Waals surface area contributed by atoms with Gasteiger partial charge < -0.3 is 24.8 Å². The smallest absolute Gasteiger partial charge is 0.410 e. The molecule has 1 fully saturated rings. The predicted octanol–water partition coefficient (Wildman–Crippen LogP) is 4.28. The molecule has 0 saturated carbocycles. The maximum Gasteiger partial charge on any atom is 0.410 e. The van der Waals surface area contributed by atoms with Crippen LogP contribution in [0.15, 0.2) is 42.6 Å². The summed E-state index contributed by atoms with van der Waals surface area (Å²) < 4.78 is 11.4. The van der Waals surface area contributed by atoms with Crippen molar-refractivity contribution in [3.63, 3.8) is 0 Å². The number of hydrogen-bond acceptors (Lipinski definition) is 6. The molecule has 1 unspecified atom stereocenters. The van der Waals surface area contributed by atoms with Gasteiger partial charge in [0.05, 0.1) is 24.6 Å². The van der Waals surface area contributed by atoms with E-state index in [0.717, 1.165) is 24.1 Å². The highest BCUT2D eigenvalue weighted by Crippen LogP contribution is 2.23. The van der Waals surface area contributed by atoms with E-state index in [2.05, 4.69) is 10.3 Å². The molecule has 35 heavy (non-hydrogen) atoms. The lowest BCUT2D eigenvalue weighted by atomic mass is 9.98. The summed E-state index contributed by atoms with van der Waals surface area (Å²) in [4.78, 5) is 30.7. The van der Waals surface area contributed by atoms with E-state index >= 15 is 0 Å². The molecule has 0 radical (unpaired) electrons. The summed E-state index contributed by atoms with van der Waals surface area (Å²) in [6.07, 6.45) is 3.27. The summed E-state index contributed by atoms with van der Waals surface area (Å²) in [5.74, 6) is 0.872. The number of piperidine rings is 1. The van der Waals surface area contributed by atoms with E-state index < -0.39 is 11.7 Å². The van der Waals surface area contributed by atoms with Crippen LogP contribution in [0.5, 0.6) is 5.75 Å². The molecule has 0 spiro atoms. The summed E-state index contributed by atoms with van der Waals surface area (Å²) in [5, 5.41) is 12.3. The second-order valence-electron chi connectivity index (χ2n) is 9.95. The number of pyridine rings is 1. The number of amides is 2. The van der Waals surface area contributed by atoms with Crippen molar-refractivity contribution in [3.8, 4) is 17.0 Å². The number of ether oxygens (including phenoxy) is 2. The van der Waals surface area contributed by atoms with Crippen molar-refractivity contribution >= 4 is 12.0 Å². The standard InChI is InChI=1S/C27H37N3O5/c1-5-22(31)16-29-25(32)21-8-6-20(7-9-21)24-11-10-23(17-28-24)34-18-19-12-14-30(15-13-19)26(33)35-27(2,3)4/h6-11,17,19,22,31H,5,12-16,18H2,1-4H3,(H,29,32). The van der Waals surface area contributed by atoms with E-state index in [9.17, 15) is 14.7 Å². The molecule has 1 atom stereocenters. The zero-order valence-electron chi connectivity index (χ0n) is 21.1. The Morgan fingerprint density at radius 1 is 1.14 bits per heavy atom. The van der Waals surface area contributed by atoms with Crippen LogP contribution in [0.4, 0.5) is 4.79 Å². The van der Waals surface area contributed by atoms with Crippen LogP contribution in [-0.2, 0) is 4.74 Å². The Kier molecular flexibility index (Phi) is 9.09. The van der Waals surface area contributed by atoms with E-state index in [1.165, 1.54) is 0 Å². The van der Waals surface area contributed by atoms with Crippen molar-refractivity contribution < 1.29 is 24.2 Å². The van der Waals surface area contributed by atoms with Crippen LogP contribution in [-0.4, -0.2) is 64.9 Å². The number of carbonyl (C=O) groups is 2. The molecular formula is C27H37N3O5. The number of carbonyl (C=O) groups excluding carboxylic acids is 2. The van der Waals surface area contributed by atoms with E-state index in [-0.39, 0.29) is 18.5 Å². The van der Waals surface area contributed by atoms with Crippen LogP contribution < -0.4 is 10.1 Å². The van der Waals surface area contributed by atoms with Gasteiger partial charge in [0.15, 0.2) is 0 Å². The third-order valence-electron chi connectivity index (χ3n) is 5.90. The topological polar surface area (TPSA) is 101 Å². The fourth-order valence-corrected chi connectivity index (χ4v) is 3.71. The molecular weight excluding hydrogens is 446 g/mol. The van der Waals surface area contributed by atoms with Gasteiger partial charge in [0.1, 0.15) is 11.4 Å². The molecule has 0 aliphatic carbocycles. The lowest BCUT2D eigenvalue weighted by Gasteiger charge is -2.33. The van der Waals surface area contributed by atoms with E-state index in [4.69, 9.17) is 9.47 Å². The normalized spacial score (nSPS) is 15.4. The molecule has 1 aliphatic heterocycles. The van der Waals surface area contributed by atoms with Crippen molar-refractivity contribution in [1.82, 2.24) is 15.2 Å². The molecule has 8 nitrogen and oxygen atoms in total. The number of aromatic nitrogens is 1. The fourth-order valence-electron chi connectivity index (χ4n) is 3.71. The molecule has 1 aliphatic rings. The average molecular weight is 484 g/mol. The van der Waals surface area contributed by atoms with Crippen molar-refractivity contribution in [1.29, 1.82) is 0 Å². The zero-order chi connectivity index (χ0) is 25.4. The first kappa shape index (κ1) is 26.5. The van der Waals surface area contributed by atoms with Gasteiger partial charge in [-0.3, -0.25) is 9.78 Å². The number of aliphatic hydroxyl groups is 1. The number of benzene rings is 1. The maximum atomic E-state index is 12.2. The highest BCUT2D eigenvalue weighted by molar-refractivity contribution is 5.94. The number of likely N-dealkylation sites (tertiary alicyclic amines) is 1. The third kappa shape index (κ3) is 8.24. The molecule has 1 aromatic carbocycles. The van der Waals surface area contributed by atoms with Crippen molar-refractivity contribution in [3.05, 3.63) is 48.2 Å². The molecule has 8 heteroatoms. The molecule has 2 amide bonds. The van der Waals surface area contributed by atoms with Crippen molar-refractivity contribution in [2.24, 2.45) is 5.92 Å². The molecule has 0 bridgehead atoms. The largest absolute Gasteiger partial charge is 0.492 e. The molecule has 1 aromatic heterocycles. The molecule has 2 N–H and O–H groups in total. The second kappa shape index (κ2) is 12.0. The third-order valence-corrected chi connectivity index (χ3v) is 5.90. The first-order valence-electron chi connectivity index (χ1n) is 12.3. The SMILES string of the molecule is CCC(O)CNC(=O)c1ccc(-c2ccc(OCC3CCN(C(=O)OC(C)(C)C)CC3)cn2)cc1. The molecule has 1 saturated heterocycles. The summed E-state index contributed by atoms with van der Waals surface area (Å²) in [6.45, 7) is 9.66. The Labute approximate surface area is 207 Å². The van der Waals surface area contributed by atoms with Crippen LogP contribution in [0.25, 0.3) is 11.3 Å². The Bertz CT molecular complexity index is 962. The lowest BCUT2D eigenvalue weighted by molar-refractivity contribution is 0.0164. The minimum atomic E-state index is -0.534. The fraction of sp³-hybridized carbons (Fsp3) is 0.519. The van der Waals surface area contributed by atoms with Gasteiger partial charge in [-0.15, -0.1) is 0 Å². The lowest BCUT2D eigenvalue weighted by Crippen LogP contribution is -2.42. The first-order chi connectivity index (χ1) is 16.6. The number of nitrogens with one attached hydrogen (secondary N) is 1. The Balaban J connectivity index is 1.45. The van der Waals surface area contributed by atoms with Crippen molar-refractivity contribution in [2.45, 2.75) is 58.7 Å². The van der Waals surface area contributed by atoms with Crippen LogP contribution >= 0.6 is 0 Å². The quantitative estimate of drug-likeness (QED) is 0.581. The van der Waals surface area contributed by atoms with E-state index in [0.29, 0.717) is 43.3 Å². The van der Waals surface area contributed by atoms with Gasteiger partial charge >= 0.3 is 6.09 Å². The molecule has 2 aromatic rings. The van der Waals surface area contributed by atoms with Gasteiger partial charge in [-0.1, -0.05) is 19.1 Å². The Morgan fingerprint density at radius 3 is 2.40 bits per heavy atom. The minimum absolute atomic E-state index is 0.210.